The molecule has 1 aliphatic heterocycles. The first-order valence-corrected chi connectivity index (χ1v) is 5.38. The van der Waals surface area contributed by atoms with E-state index < -0.39 is 18.3 Å². The van der Waals surface area contributed by atoms with Crippen LogP contribution in [0.1, 0.15) is 17.5 Å². The zero-order chi connectivity index (χ0) is 12.3. The van der Waals surface area contributed by atoms with Crippen LogP contribution in [0.2, 0.25) is 0 Å². The number of benzene rings is 1. The molecule has 0 aromatic heterocycles. The Kier molecular flexibility index (Phi) is 3.27. The van der Waals surface area contributed by atoms with E-state index in [2.05, 4.69) is 5.32 Å². The maximum absolute atomic E-state index is 11.1. The van der Waals surface area contributed by atoms with E-state index in [1.54, 1.807) is 0 Å². The van der Waals surface area contributed by atoms with E-state index in [4.69, 9.17) is 9.84 Å². The third-order valence-corrected chi connectivity index (χ3v) is 2.56. The van der Waals surface area contributed by atoms with Crippen LogP contribution in [0.15, 0.2) is 18.2 Å². The number of carboxylic acids is 1. The highest BCUT2D eigenvalue weighted by Gasteiger charge is 2.12. The summed E-state index contributed by atoms with van der Waals surface area (Å²) in [6.45, 7) is 1.05. The van der Waals surface area contributed by atoms with Gasteiger partial charge in [-0.25, -0.2) is 0 Å². The molecular formula is C12H13NO4. The number of carboxylic acid groups (broad SMARTS) is 1. The molecule has 1 heterocycles. The summed E-state index contributed by atoms with van der Waals surface area (Å²) < 4.78 is 5.37. The zero-order valence-corrected chi connectivity index (χ0v) is 9.23. The lowest BCUT2D eigenvalue weighted by Crippen LogP contribution is -2.25. The largest absolute Gasteiger partial charge is 0.493 e. The molecule has 5 nitrogen and oxygen atoms in total. The summed E-state index contributed by atoms with van der Waals surface area (Å²) in [5.74, 6) is -0.704. The number of amides is 1. The molecule has 1 aromatic carbocycles. The Hall–Kier alpha value is -2.04. The number of hydrogen-bond donors (Lipinski definition) is 2. The molecule has 0 saturated heterocycles. The van der Waals surface area contributed by atoms with Crippen molar-refractivity contribution in [1.82, 2.24) is 5.32 Å². The first-order chi connectivity index (χ1) is 8.15. The van der Waals surface area contributed by atoms with Gasteiger partial charge in [0.25, 0.3) is 0 Å². The molecular weight excluding hydrogens is 222 g/mol. The van der Waals surface area contributed by atoms with Crippen LogP contribution in [-0.4, -0.2) is 23.6 Å². The van der Waals surface area contributed by atoms with Crippen molar-refractivity contribution in [2.75, 3.05) is 6.61 Å². The van der Waals surface area contributed by atoms with E-state index in [-0.39, 0.29) is 0 Å². The van der Waals surface area contributed by atoms with E-state index in [1.165, 1.54) is 0 Å². The van der Waals surface area contributed by atoms with Gasteiger partial charge >= 0.3 is 5.97 Å². The topological polar surface area (TPSA) is 75.6 Å². The summed E-state index contributed by atoms with van der Waals surface area (Å²) >= 11 is 0. The smallest absolute Gasteiger partial charge is 0.312 e. The SMILES string of the molecule is O=C(O)CC(=O)NCc1ccc2c(c1)CCO2. The molecule has 1 amide bonds. The van der Waals surface area contributed by atoms with Crippen LogP contribution in [0.4, 0.5) is 0 Å². The first-order valence-electron chi connectivity index (χ1n) is 5.38. The Morgan fingerprint density at radius 1 is 1.41 bits per heavy atom. The summed E-state index contributed by atoms with van der Waals surface area (Å²) in [6.07, 6.45) is 0.389. The molecule has 5 heteroatoms. The van der Waals surface area contributed by atoms with Crippen LogP contribution in [0.25, 0.3) is 0 Å². The lowest BCUT2D eigenvalue weighted by atomic mass is 10.1. The molecule has 2 N–H and O–H groups in total. The summed E-state index contributed by atoms with van der Waals surface area (Å²) in [6, 6.07) is 5.72. The van der Waals surface area contributed by atoms with E-state index in [9.17, 15) is 9.59 Å². The van der Waals surface area contributed by atoms with Crippen molar-refractivity contribution in [3.8, 4) is 5.75 Å². The fourth-order valence-corrected chi connectivity index (χ4v) is 1.75. The third-order valence-electron chi connectivity index (χ3n) is 2.56. The van der Waals surface area contributed by atoms with Crippen LogP contribution in [0, 0.1) is 0 Å². The molecule has 0 aliphatic carbocycles. The number of carbonyl (C=O) groups is 2. The van der Waals surface area contributed by atoms with Gasteiger partial charge in [-0.05, 0) is 17.2 Å². The molecule has 0 radical (unpaired) electrons. The molecule has 1 aliphatic rings. The van der Waals surface area contributed by atoms with E-state index in [0.717, 1.165) is 23.3 Å². The average Bonchev–Trinajstić information content (AvgIpc) is 2.72. The van der Waals surface area contributed by atoms with Crippen molar-refractivity contribution in [2.45, 2.75) is 19.4 Å². The lowest BCUT2D eigenvalue weighted by Gasteiger charge is -2.05. The Balaban J connectivity index is 1.91. The van der Waals surface area contributed by atoms with Crippen molar-refractivity contribution in [2.24, 2.45) is 0 Å². The highest BCUT2D eigenvalue weighted by Crippen LogP contribution is 2.25. The number of aliphatic carboxylic acids is 1. The number of fused-ring (bicyclic) bond motifs is 1. The van der Waals surface area contributed by atoms with Crippen LogP contribution in [0.3, 0.4) is 0 Å². The van der Waals surface area contributed by atoms with Gasteiger partial charge in [-0.3, -0.25) is 9.59 Å². The molecule has 0 fully saturated rings. The Morgan fingerprint density at radius 2 is 2.24 bits per heavy atom. The van der Waals surface area contributed by atoms with Gasteiger partial charge < -0.3 is 15.2 Å². The van der Waals surface area contributed by atoms with Crippen molar-refractivity contribution >= 4 is 11.9 Å². The minimum Gasteiger partial charge on any atom is -0.493 e. The van der Waals surface area contributed by atoms with Gasteiger partial charge in [0.05, 0.1) is 6.61 Å². The molecule has 0 spiro atoms. The number of rotatable bonds is 4. The highest BCUT2D eigenvalue weighted by molar-refractivity contribution is 5.93. The Morgan fingerprint density at radius 3 is 3.00 bits per heavy atom. The molecule has 2 rings (SSSR count). The minimum atomic E-state index is -1.12. The van der Waals surface area contributed by atoms with Crippen molar-refractivity contribution in [3.63, 3.8) is 0 Å². The fraction of sp³-hybridized carbons (Fsp3) is 0.333. The predicted molar refractivity (Wildman–Crippen MR) is 59.7 cm³/mol. The number of ether oxygens (including phenoxy) is 1. The quantitative estimate of drug-likeness (QED) is 0.754. The molecule has 0 bridgehead atoms. The second-order valence-corrected chi connectivity index (χ2v) is 3.89. The van der Waals surface area contributed by atoms with Crippen molar-refractivity contribution in [1.29, 1.82) is 0 Å². The minimum absolute atomic E-state index is 0.347. The van der Waals surface area contributed by atoms with Crippen LogP contribution < -0.4 is 10.1 Å². The zero-order valence-electron chi connectivity index (χ0n) is 9.23. The van der Waals surface area contributed by atoms with Crippen molar-refractivity contribution in [3.05, 3.63) is 29.3 Å². The van der Waals surface area contributed by atoms with E-state index in [0.29, 0.717) is 13.2 Å². The maximum atomic E-state index is 11.1. The van der Waals surface area contributed by atoms with Gasteiger partial charge in [0.1, 0.15) is 12.2 Å². The predicted octanol–water partition coefficient (Wildman–Crippen LogP) is 0.712. The molecule has 90 valence electrons. The first kappa shape index (κ1) is 11.4. The average molecular weight is 235 g/mol. The van der Waals surface area contributed by atoms with Gasteiger partial charge in [-0.15, -0.1) is 0 Å². The van der Waals surface area contributed by atoms with Gasteiger partial charge in [-0.2, -0.15) is 0 Å². The normalized spacial score (nSPS) is 12.7. The van der Waals surface area contributed by atoms with Crippen molar-refractivity contribution < 1.29 is 19.4 Å². The summed E-state index contributed by atoms with van der Waals surface area (Å²) in [7, 11) is 0. The fourth-order valence-electron chi connectivity index (χ4n) is 1.75. The molecule has 17 heavy (non-hydrogen) atoms. The number of nitrogens with one attached hydrogen (secondary N) is 1. The van der Waals surface area contributed by atoms with Gasteiger partial charge in [0, 0.05) is 13.0 Å². The van der Waals surface area contributed by atoms with Crippen LogP contribution >= 0.6 is 0 Å². The monoisotopic (exact) mass is 235 g/mol. The van der Waals surface area contributed by atoms with Gasteiger partial charge in [-0.1, -0.05) is 12.1 Å². The third kappa shape index (κ3) is 2.96. The van der Waals surface area contributed by atoms with Crippen LogP contribution in [0.5, 0.6) is 5.75 Å². The van der Waals surface area contributed by atoms with E-state index >= 15 is 0 Å². The second kappa shape index (κ2) is 4.86. The highest BCUT2D eigenvalue weighted by atomic mass is 16.5. The summed E-state index contributed by atoms with van der Waals surface area (Å²) in [5.41, 5.74) is 2.09. The number of hydrogen-bond acceptors (Lipinski definition) is 3. The maximum Gasteiger partial charge on any atom is 0.312 e. The van der Waals surface area contributed by atoms with Gasteiger partial charge in [0.15, 0.2) is 0 Å². The molecule has 1 aromatic rings. The Labute approximate surface area is 98.4 Å². The van der Waals surface area contributed by atoms with Gasteiger partial charge in [0.2, 0.25) is 5.91 Å². The van der Waals surface area contributed by atoms with Crippen LogP contribution in [-0.2, 0) is 22.6 Å². The Bertz CT molecular complexity index is 456. The lowest BCUT2D eigenvalue weighted by molar-refractivity contribution is -0.140. The van der Waals surface area contributed by atoms with E-state index in [1.807, 2.05) is 18.2 Å². The summed E-state index contributed by atoms with van der Waals surface area (Å²) in [5, 5.41) is 11.0. The standard InChI is InChI=1S/C12H13NO4/c14-11(6-12(15)16)13-7-8-1-2-10-9(5-8)3-4-17-10/h1-2,5H,3-4,6-7H2,(H,13,14)(H,15,16). The molecule has 0 atom stereocenters. The summed E-state index contributed by atoms with van der Waals surface area (Å²) in [4.78, 5) is 21.4. The second-order valence-electron chi connectivity index (χ2n) is 3.89. The molecule has 0 unspecified atom stereocenters. The molecule has 0 saturated carbocycles. The number of carbonyl (C=O) groups excluding carboxylic acids is 1.